The first-order chi connectivity index (χ1) is 13.0. The number of aliphatic hydroxyl groups is 1. The van der Waals surface area contributed by atoms with Crippen LogP contribution in [0.1, 0.15) is 38.5 Å². The molecule has 4 aliphatic carbocycles. The van der Waals surface area contributed by atoms with Crippen LogP contribution < -0.4 is 9.64 Å². The number of benzene rings is 1. The standard InChI is InChI=1S/C22H30N2O3/c1-27-19-4-2-3-18(10-19)23-5-7-24(8-6-23)20(25)21-11-16-9-17(12-21)14-22(26,13-16)15-21/h2-4,10,16-17,26H,5-9,11-15H2,1H3/t16-,17+,21?,22?. The van der Waals surface area contributed by atoms with E-state index in [9.17, 15) is 9.90 Å². The first-order valence-electron chi connectivity index (χ1n) is 10.4. The van der Waals surface area contributed by atoms with Gasteiger partial charge < -0.3 is 19.6 Å². The Labute approximate surface area is 161 Å². The van der Waals surface area contributed by atoms with E-state index in [2.05, 4.69) is 21.9 Å². The van der Waals surface area contributed by atoms with Gasteiger partial charge in [-0.25, -0.2) is 0 Å². The van der Waals surface area contributed by atoms with E-state index in [0.29, 0.717) is 24.2 Å². The zero-order chi connectivity index (χ0) is 18.6. The lowest BCUT2D eigenvalue weighted by Gasteiger charge is -2.60. The molecule has 1 amide bonds. The Hall–Kier alpha value is -1.75. The molecule has 0 aromatic heterocycles. The lowest BCUT2D eigenvalue weighted by molar-refractivity contribution is -0.186. The molecule has 5 nitrogen and oxygen atoms in total. The number of piperazine rings is 1. The molecule has 6 rings (SSSR count). The summed E-state index contributed by atoms with van der Waals surface area (Å²) in [5.74, 6) is 2.30. The molecule has 27 heavy (non-hydrogen) atoms. The van der Waals surface area contributed by atoms with Gasteiger partial charge in [-0.1, -0.05) is 6.07 Å². The van der Waals surface area contributed by atoms with Crippen LogP contribution in [-0.4, -0.2) is 54.8 Å². The molecule has 4 bridgehead atoms. The van der Waals surface area contributed by atoms with Crippen molar-refractivity contribution >= 4 is 11.6 Å². The highest BCUT2D eigenvalue weighted by Crippen LogP contribution is 2.62. The van der Waals surface area contributed by atoms with Crippen LogP contribution in [0.25, 0.3) is 0 Å². The molecule has 1 aromatic carbocycles. The summed E-state index contributed by atoms with van der Waals surface area (Å²) in [5, 5.41) is 11.0. The van der Waals surface area contributed by atoms with Crippen LogP contribution in [0.4, 0.5) is 5.69 Å². The maximum atomic E-state index is 13.5. The average molecular weight is 370 g/mol. The van der Waals surface area contributed by atoms with Crippen molar-refractivity contribution in [3.63, 3.8) is 0 Å². The summed E-state index contributed by atoms with van der Waals surface area (Å²) in [6, 6.07) is 8.14. The van der Waals surface area contributed by atoms with Gasteiger partial charge in [0.2, 0.25) is 5.91 Å². The van der Waals surface area contributed by atoms with E-state index >= 15 is 0 Å². The molecule has 5 heteroatoms. The van der Waals surface area contributed by atoms with Crippen molar-refractivity contribution in [3.8, 4) is 5.75 Å². The number of amides is 1. The lowest BCUT2D eigenvalue weighted by Crippen LogP contribution is -2.62. The number of methoxy groups -OCH3 is 1. The highest BCUT2D eigenvalue weighted by atomic mass is 16.5. The molecule has 1 aliphatic heterocycles. The van der Waals surface area contributed by atoms with Crippen molar-refractivity contribution < 1.29 is 14.6 Å². The van der Waals surface area contributed by atoms with Crippen LogP contribution in [0.15, 0.2) is 24.3 Å². The maximum Gasteiger partial charge on any atom is 0.229 e. The first kappa shape index (κ1) is 17.4. The van der Waals surface area contributed by atoms with Crippen molar-refractivity contribution in [3.05, 3.63) is 24.3 Å². The SMILES string of the molecule is COc1cccc(N2CCN(C(=O)C34C[C@@H]5C[C@@H](CC(O)(C5)C3)C4)CC2)c1. The Morgan fingerprint density at radius 2 is 1.81 bits per heavy atom. The average Bonchev–Trinajstić information content (AvgIpc) is 2.66. The van der Waals surface area contributed by atoms with Crippen molar-refractivity contribution in [1.29, 1.82) is 0 Å². The number of rotatable bonds is 3. The minimum atomic E-state index is -0.567. The summed E-state index contributed by atoms with van der Waals surface area (Å²) >= 11 is 0. The van der Waals surface area contributed by atoms with E-state index in [0.717, 1.165) is 63.3 Å². The minimum Gasteiger partial charge on any atom is -0.497 e. The van der Waals surface area contributed by atoms with Crippen LogP contribution in [0.2, 0.25) is 0 Å². The predicted molar refractivity (Wildman–Crippen MR) is 104 cm³/mol. The topological polar surface area (TPSA) is 53.0 Å². The number of hydrogen-bond donors (Lipinski definition) is 1. The molecular weight excluding hydrogens is 340 g/mol. The van der Waals surface area contributed by atoms with Crippen molar-refractivity contribution in [2.75, 3.05) is 38.2 Å². The molecule has 0 radical (unpaired) electrons. The van der Waals surface area contributed by atoms with Crippen molar-refractivity contribution in [1.82, 2.24) is 4.90 Å². The fourth-order valence-corrected chi connectivity index (χ4v) is 6.77. The first-order valence-corrected chi connectivity index (χ1v) is 10.4. The van der Waals surface area contributed by atoms with Gasteiger partial charge in [0.25, 0.3) is 0 Å². The summed E-state index contributed by atoms with van der Waals surface area (Å²) in [6.45, 7) is 3.25. The van der Waals surface area contributed by atoms with E-state index in [4.69, 9.17) is 4.74 Å². The van der Waals surface area contributed by atoms with Gasteiger partial charge in [-0.2, -0.15) is 0 Å². The molecule has 4 saturated carbocycles. The molecule has 1 N–H and O–H groups in total. The van der Waals surface area contributed by atoms with Crippen LogP contribution in [0.5, 0.6) is 5.75 Å². The Morgan fingerprint density at radius 3 is 2.44 bits per heavy atom. The Bertz CT molecular complexity index is 727. The van der Waals surface area contributed by atoms with Gasteiger partial charge in [0.1, 0.15) is 5.75 Å². The molecule has 0 spiro atoms. The lowest BCUT2D eigenvalue weighted by atomic mass is 9.47. The maximum absolute atomic E-state index is 13.5. The zero-order valence-corrected chi connectivity index (χ0v) is 16.2. The molecule has 1 heterocycles. The van der Waals surface area contributed by atoms with Crippen LogP contribution >= 0.6 is 0 Å². The van der Waals surface area contributed by atoms with Crippen LogP contribution in [0.3, 0.4) is 0 Å². The largest absolute Gasteiger partial charge is 0.497 e. The van der Waals surface area contributed by atoms with E-state index in [1.54, 1.807) is 7.11 Å². The van der Waals surface area contributed by atoms with Gasteiger partial charge in [0, 0.05) is 37.9 Å². The third-order valence-corrected chi connectivity index (χ3v) is 7.47. The van der Waals surface area contributed by atoms with Gasteiger partial charge in [0.05, 0.1) is 18.1 Å². The quantitative estimate of drug-likeness (QED) is 0.889. The molecule has 1 aromatic rings. The van der Waals surface area contributed by atoms with Gasteiger partial charge in [-0.15, -0.1) is 0 Å². The fourth-order valence-electron chi connectivity index (χ4n) is 6.77. The van der Waals surface area contributed by atoms with Crippen molar-refractivity contribution in [2.24, 2.45) is 17.3 Å². The second-order valence-corrected chi connectivity index (χ2v) is 9.45. The number of hydrogen-bond acceptors (Lipinski definition) is 4. The number of anilines is 1. The molecule has 4 atom stereocenters. The minimum absolute atomic E-state index is 0.281. The number of ether oxygens (including phenoxy) is 1. The van der Waals surface area contributed by atoms with Gasteiger partial charge >= 0.3 is 0 Å². The molecular formula is C22H30N2O3. The van der Waals surface area contributed by atoms with Crippen LogP contribution in [0, 0.1) is 17.3 Å². The zero-order valence-electron chi connectivity index (χ0n) is 16.2. The highest BCUT2D eigenvalue weighted by molar-refractivity contribution is 5.84. The predicted octanol–water partition coefficient (Wildman–Crippen LogP) is 2.68. The van der Waals surface area contributed by atoms with E-state index in [1.807, 2.05) is 12.1 Å². The fraction of sp³-hybridized carbons (Fsp3) is 0.682. The third kappa shape index (κ3) is 2.91. The molecule has 5 aliphatic rings. The van der Waals surface area contributed by atoms with Crippen molar-refractivity contribution in [2.45, 2.75) is 44.1 Å². The summed E-state index contributed by atoms with van der Waals surface area (Å²) in [6.07, 6.45) is 5.76. The molecule has 146 valence electrons. The smallest absolute Gasteiger partial charge is 0.229 e. The number of nitrogens with zero attached hydrogens (tertiary/aromatic N) is 2. The summed E-state index contributed by atoms with van der Waals surface area (Å²) < 4.78 is 5.34. The van der Waals surface area contributed by atoms with Crippen LogP contribution in [-0.2, 0) is 4.79 Å². The highest BCUT2D eigenvalue weighted by Gasteiger charge is 2.60. The number of carbonyl (C=O) groups is 1. The normalized spacial score (nSPS) is 37.6. The summed E-state index contributed by atoms with van der Waals surface area (Å²) in [5.41, 5.74) is 0.310. The molecule has 2 unspecified atom stereocenters. The van der Waals surface area contributed by atoms with Gasteiger partial charge in [0.15, 0.2) is 0 Å². The van der Waals surface area contributed by atoms with Gasteiger partial charge in [-0.05, 0) is 62.5 Å². The Kier molecular flexibility index (Phi) is 3.94. The molecule has 5 fully saturated rings. The van der Waals surface area contributed by atoms with E-state index < -0.39 is 5.60 Å². The number of carbonyl (C=O) groups excluding carboxylic acids is 1. The summed E-state index contributed by atoms with van der Waals surface area (Å²) in [7, 11) is 1.69. The monoisotopic (exact) mass is 370 g/mol. The molecule has 1 saturated heterocycles. The second kappa shape index (κ2) is 6.13. The van der Waals surface area contributed by atoms with Gasteiger partial charge in [-0.3, -0.25) is 4.79 Å². The summed E-state index contributed by atoms with van der Waals surface area (Å²) in [4.78, 5) is 17.9. The second-order valence-electron chi connectivity index (χ2n) is 9.45. The Morgan fingerprint density at radius 1 is 1.11 bits per heavy atom. The third-order valence-electron chi connectivity index (χ3n) is 7.47. The van der Waals surface area contributed by atoms with E-state index in [-0.39, 0.29) is 5.41 Å². The van der Waals surface area contributed by atoms with E-state index in [1.165, 1.54) is 6.42 Å². The Balaban J connectivity index is 1.28.